The van der Waals surface area contributed by atoms with Crippen LogP contribution in [0.4, 0.5) is 0 Å². The van der Waals surface area contributed by atoms with Crippen molar-refractivity contribution >= 4 is 29.0 Å². The van der Waals surface area contributed by atoms with Gasteiger partial charge in [0.05, 0.1) is 10.0 Å². The van der Waals surface area contributed by atoms with Crippen molar-refractivity contribution in [2.75, 3.05) is 0 Å². The Labute approximate surface area is 117 Å². The highest BCUT2D eigenvalue weighted by Crippen LogP contribution is 2.32. The molecule has 0 aromatic heterocycles. The van der Waals surface area contributed by atoms with Gasteiger partial charge in [-0.05, 0) is 24.5 Å². The number of aliphatic hydroxyl groups is 1. The van der Waals surface area contributed by atoms with Crippen molar-refractivity contribution in [3.8, 4) is 0 Å². The van der Waals surface area contributed by atoms with Crippen LogP contribution in [0.2, 0.25) is 10.0 Å². The molecule has 1 N–H and O–H groups in total. The summed E-state index contributed by atoms with van der Waals surface area (Å²) in [5.41, 5.74) is -0.475. The first-order valence-electron chi connectivity index (χ1n) is 6.21. The molecule has 0 spiro atoms. The van der Waals surface area contributed by atoms with Crippen molar-refractivity contribution in [3.63, 3.8) is 0 Å². The molecule has 2 nitrogen and oxygen atoms in total. The summed E-state index contributed by atoms with van der Waals surface area (Å²) < 4.78 is 0. The number of halogens is 2. The molecule has 0 atom stereocenters. The molecule has 0 bridgehead atoms. The third-order valence-corrected chi connectivity index (χ3v) is 4.44. The van der Waals surface area contributed by atoms with Crippen LogP contribution >= 0.6 is 23.2 Å². The second kappa shape index (κ2) is 5.60. The molecule has 0 saturated heterocycles. The van der Waals surface area contributed by atoms with Crippen LogP contribution in [0.3, 0.4) is 0 Å². The van der Waals surface area contributed by atoms with Gasteiger partial charge in [0.15, 0.2) is 5.78 Å². The van der Waals surface area contributed by atoms with Gasteiger partial charge in [-0.15, -0.1) is 0 Å². The van der Waals surface area contributed by atoms with Crippen LogP contribution in [-0.2, 0) is 11.2 Å². The molecule has 0 heterocycles. The molecule has 0 unspecified atom stereocenters. The third kappa shape index (κ3) is 2.87. The van der Waals surface area contributed by atoms with Gasteiger partial charge in [0.1, 0.15) is 5.60 Å². The summed E-state index contributed by atoms with van der Waals surface area (Å²) in [6.07, 6.45) is 4.18. The first-order chi connectivity index (χ1) is 8.53. The quantitative estimate of drug-likeness (QED) is 0.918. The highest BCUT2D eigenvalue weighted by Gasteiger charge is 2.36. The second-order valence-electron chi connectivity index (χ2n) is 4.91. The first-order valence-corrected chi connectivity index (χ1v) is 6.97. The van der Waals surface area contributed by atoms with E-state index >= 15 is 0 Å². The molecule has 1 aromatic carbocycles. The predicted molar refractivity (Wildman–Crippen MR) is 73.2 cm³/mol. The highest BCUT2D eigenvalue weighted by atomic mass is 35.5. The van der Waals surface area contributed by atoms with Crippen molar-refractivity contribution in [2.24, 2.45) is 0 Å². The van der Waals surface area contributed by atoms with Gasteiger partial charge < -0.3 is 5.11 Å². The zero-order valence-corrected chi connectivity index (χ0v) is 11.6. The molecule has 1 aromatic rings. The lowest BCUT2D eigenvalue weighted by atomic mass is 9.80. The molecule has 1 aliphatic carbocycles. The van der Waals surface area contributed by atoms with Gasteiger partial charge in [-0.3, -0.25) is 4.79 Å². The lowest BCUT2D eigenvalue weighted by Crippen LogP contribution is -2.41. The molecule has 18 heavy (non-hydrogen) atoms. The van der Waals surface area contributed by atoms with E-state index in [9.17, 15) is 9.90 Å². The molecule has 98 valence electrons. The van der Waals surface area contributed by atoms with E-state index in [1.807, 2.05) is 0 Å². The average Bonchev–Trinajstić information content (AvgIpc) is 2.36. The molecule has 0 amide bonds. The molecule has 1 fully saturated rings. The summed E-state index contributed by atoms with van der Waals surface area (Å²) in [4.78, 5) is 12.2. The van der Waals surface area contributed by atoms with E-state index in [2.05, 4.69) is 0 Å². The van der Waals surface area contributed by atoms with Crippen LogP contribution in [0.25, 0.3) is 0 Å². The first kappa shape index (κ1) is 13.9. The number of benzene rings is 1. The fourth-order valence-corrected chi connectivity index (χ4v) is 2.82. The molecule has 2 rings (SSSR count). The Bertz CT molecular complexity index is 451. The van der Waals surface area contributed by atoms with Crippen molar-refractivity contribution in [1.82, 2.24) is 0 Å². The van der Waals surface area contributed by atoms with Gasteiger partial charge in [-0.25, -0.2) is 0 Å². The monoisotopic (exact) mass is 286 g/mol. The minimum atomic E-state index is -1.16. The van der Waals surface area contributed by atoms with Gasteiger partial charge >= 0.3 is 0 Å². The maximum absolute atomic E-state index is 12.2. The smallest absolute Gasteiger partial charge is 0.168 e. The van der Waals surface area contributed by atoms with Crippen LogP contribution < -0.4 is 0 Å². The minimum Gasteiger partial charge on any atom is -0.382 e. The number of carbonyl (C=O) groups is 1. The Hall–Kier alpha value is -0.570. The SMILES string of the molecule is O=C(Cc1cccc(Cl)c1Cl)C1(O)CCCCC1. The van der Waals surface area contributed by atoms with Gasteiger partial charge in [0.2, 0.25) is 0 Å². The lowest BCUT2D eigenvalue weighted by Gasteiger charge is -2.30. The summed E-state index contributed by atoms with van der Waals surface area (Å²) in [7, 11) is 0. The van der Waals surface area contributed by atoms with Gasteiger partial charge in [0, 0.05) is 6.42 Å². The minimum absolute atomic E-state index is 0.147. The van der Waals surface area contributed by atoms with Crippen LogP contribution in [0.5, 0.6) is 0 Å². The van der Waals surface area contributed by atoms with E-state index in [0.29, 0.717) is 28.5 Å². The van der Waals surface area contributed by atoms with Crippen molar-refractivity contribution in [3.05, 3.63) is 33.8 Å². The zero-order chi connectivity index (χ0) is 13.2. The molecule has 0 aliphatic heterocycles. The van der Waals surface area contributed by atoms with E-state index in [4.69, 9.17) is 23.2 Å². The average molecular weight is 287 g/mol. The maximum atomic E-state index is 12.2. The number of hydrogen-bond donors (Lipinski definition) is 1. The van der Waals surface area contributed by atoms with Crippen LogP contribution in [0.15, 0.2) is 18.2 Å². The van der Waals surface area contributed by atoms with Crippen LogP contribution in [0.1, 0.15) is 37.7 Å². The largest absolute Gasteiger partial charge is 0.382 e. The van der Waals surface area contributed by atoms with E-state index < -0.39 is 5.60 Å². The van der Waals surface area contributed by atoms with Crippen molar-refractivity contribution < 1.29 is 9.90 Å². The topological polar surface area (TPSA) is 37.3 Å². The molecule has 1 aliphatic rings. The molecule has 1 saturated carbocycles. The predicted octanol–water partition coefficient (Wildman–Crippen LogP) is 3.80. The lowest BCUT2D eigenvalue weighted by molar-refractivity contribution is -0.139. The number of carbonyl (C=O) groups excluding carboxylic acids is 1. The fourth-order valence-electron chi connectivity index (χ4n) is 2.44. The van der Waals surface area contributed by atoms with Crippen LogP contribution in [0, 0.1) is 0 Å². The Balaban J connectivity index is 2.13. The van der Waals surface area contributed by atoms with E-state index in [-0.39, 0.29) is 12.2 Å². The summed E-state index contributed by atoms with van der Waals surface area (Å²) in [5.74, 6) is -0.147. The van der Waals surface area contributed by atoms with Gasteiger partial charge in [0.25, 0.3) is 0 Å². The van der Waals surface area contributed by atoms with E-state index in [1.54, 1.807) is 18.2 Å². The normalized spacial score (nSPS) is 18.6. The maximum Gasteiger partial charge on any atom is 0.168 e. The van der Waals surface area contributed by atoms with E-state index in [0.717, 1.165) is 19.3 Å². The zero-order valence-electron chi connectivity index (χ0n) is 10.1. The Morgan fingerprint density at radius 2 is 1.89 bits per heavy atom. The number of Topliss-reactive ketones (excluding diaryl/α,β-unsaturated/α-hetero) is 1. The van der Waals surface area contributed by atoms with Gasteiger partial charge in [-0.2, -0.15) is 0 Å². The summed E-state index contributed by atoms with van der Waals surface area (Å²) in [6.45, 7) is 0. The summed E-state index contributed by atoms with van der Waals surface area (Å²) in [6, 6.07) is 5.23. The molecular weight excluding hydrogens is 271 g/mol. The fraction of sp³-hybridized carbons (Fsp3) is 0.500. The summed E-state index contributed by atoms with van der Waals surface area (Å²) in [5, 5.41) is 11.2. The molecular formula is C14H16Cl2O2. The summed E-state index contributed by atoms with van der Waals surface area (Å²) >= 11 is 12.0. The second-order valence-corrected chi connectivity index (χ2v) is 5.69. The third-order valence-electron chi connectivity index (χ3n) is 3.58. The van der Waals surface area contributed by atoms with Gasteiger partial charge in [-0.1, -0.05) is 54.6 Å². The van der Waals surface area contributed by atoms with Crippen molar-refractivity contribution in [2.45, 2.75) is 44.1 Å². The highest BCUT2D eigenvalue weighted by molar-refractivity contribution is 6.42. The van der Waals surface area contributed by atoms with Crippen molar-refractivity contribution in [1.29, 1.82) is 0 Å². The van der Waals surface area contributed by atoms with E-state index in [1.165, 1.54) is 0 Å². The van der Waals surface area contributed by atoms with Crippen LogP contribution in [-0.4, -0.2) is 16.5 Å². The Morgan fingerprint density at radius 1 is 1.22 bits per heavy atom. The molecule has 0 radical (unpaired) electrons. The Kier molecular flexibility index (Phi) is 4.31. The number of hydrogen-bond acceptors (Lipinski definition) is 2. The number of ketones is 1. The molecule has 4 heteroatoms. The number of rotatable bonds is 3. The Morgan fingerprint density at radius 3 is 2.56 bits per heavy atom. The standard InChI is InChI=1S/C14H16Cl2O2/c15-11-6-4-5-10(13(11)16)9-12(17)14(18)7-2-1-3-8-14/h4-6,18H,1-3,7-9H2.